The Hall–Kier alpha value is -1.03. The Bertz CT molecular complexity index is 493. The van der Waals surface area contributed by atoms with Crippen LogP contribution in [0.2, 0.25) is 0 Å². The number of nitrogens with one attached hydrogen (secondary N) is 1. The standard InChI is InChI=1S/C14H20N2O2/c15-7-11-12(16-18-13(11)17)14-4-8-1-9(5-14)3-10(2-8)6-14/h8-10,16H,1-7,15H2. The molecule has 4 fully saturated rings. The van der Waals surface area contributed by atoms with Crippen LogP contribution in [0.1, 0.15) is 49.8 Å². The van der Waals surface area contributed by atoms with Gasteiger partial charge in [-0.15, -0.1) is 0 Å². The molecule has 4 bridgehead atoms. The lowest BCUT2D eigenvalue weighted by Gasteiger charge is -2.56. The van der Waals surface area contributed by atoms with Gasteiger partial charge >= 0.3 is 5.63 Å². The molecule has 98 valence electrons. The van der Waals surface area contributed by atoms with Crippen LogP contribution in [0.4, 0.5) is 0 Å². The zero-order chi connectivity index (χ0) is 12.3. The third kappa shape index (κ3) is 1.32. The molecule has 4 saturated carbocycles. The van der Waals surface area contributed by atoms with E-state index in [1.165, 1.54) is 38.5 Å². The zero-order valence-corrected chi connectivity index (χ0v) is 10.6. The van der Waals surface area contributed by atoms with E-state index in [-0.39, 0.29) is 11.0 Å². The molecule has 4 nitrogen and oxygen atoms in total. The highest BCUT2D eigenvalue weighted by Gasteiger charge is 2.53. The minimum atomic E-state index is -0.261. The van der Waals surface area contributed by atoms with Crippen molar-refractivity contribution in [3.8, 4) is 0 Å². The van der Waals surface area contributed by atoms with Crippen LogP contribution in [0.3, 0.4) is 0 Å². The van der Waals surface area contributed by atoms with Crippen LogP contribution in [0, 0.1) is 17.8 Å². The lowest BCUT2D eigenvalue weighted by atomic mass is 9.48. The first-order valence-electron chi connectivity index (χ1n) is 7.11. The lowest BCUT2D eigenvalue weighted by molar-refractivity contribution is -0.00881. The summed E-state index contributed by atoms with van der Waals surface area (Å²) in [5.74, 6) is 2.58. The van der Waals surface area contributed by atoms with Crippen LogP contribution in [0.5, 0.6) is 0 Å². The van der Waals surface area contributed by atoms with Crippen molar-refractivity contribution in [3.05, 3.63) is 21.7 Å². The van der Waals surface area contributed by atoms with Crippen molar-refractivity contribution < 1.29 is 4.52 Å². The first kappa shape index (κ1) is 10.9. The van der Waals surface area contributed by atoms with E-state index in [1.807, 2.05) is 0 Å². The Morgan fingerprint density at radius 3 is 2.22 bits per heavy atom. The summed E-state index contributed by atoms with van der Waals surface area (Å²) in [5, 5.41) is 2.91. The fraction of sp³-hybridized carbons (Fsp3) is 0.786. The second-order valence-corrected chi connectivity index (χ2v) is 6.75. The van der Waals surface area contributed by atoms with E-state index in [9.17, 15) is 4.79 Å². The number of hydrogen-bond donors (Lipinski definition) is 2. The van der Waals surface area contributed by atoms with E-state index in [4.69, 9.17) is 10.3 Å². The number of aromatic nitrogens is 1. The third-order valence-corrected chi connectivity index (χ3v) is 5.57. The smallest absolute Gasteiger partial charge is 0.338 e. The first-order valence-corrected chi connectivity index (χ1v) is 7.11. The molecule has 5 rings (SSSR count). The average Bonchev–Trinajstić information content (AvgIpc) is 2.69. The van der Waals surface area contributed by atoms with Gasteiger partial charge in [-0.1, -0.05) is 0 Å². The largest absolute Gasteiger partial charge is 0.361 e. The molecule has 4 aliphatic carbocycles. The maximum absolute atomic E-state index is 11.7. The van der Waals surface area contributed by atoms with Crippen LogP contribution < -0.4 is 11.4 Å². The highest BCUT2D eigenvalue weighted by atomic mass is 16.5. The molecule has 1 aromatic heterocycles. The highest BCUT2D eigenvalue weighted by molar-refractivity contribution is 5.28. The monoisotopic (exact) mass is 248 g/mol. The molecule has 0 unspecified atom stereocenters. The molecule has 0 radical (unpaired) electrons. The van der Waals surface area contributed by atoms with Crippen molar-refractivity contribution >= 4 is 0 Å². The number of aromatic amines is 1. The van der Waals surface area contributed by atoms with E-state index in [0.717, 1.165) is 23.4 Å². The number of nitrogens with two attached hydrogens (primary N) is 1. The molecule has 0 aliphatic heterocycles. The summed E-state index contributed by atoms with van der Waals surface area (Å²) >= 11 is 0. The molecule has 0 atom stereocenters. The summed E-state index contributed by atoms with van der Waals surface area (Å²) in [4.78, 5) is 11.7. The van der Waals surface area contributed by atoms with Crippen LogP contribution in [0.25, 0.3) is 0 Å². The molecule has 0 amide bonds. The van der Waals surface area contributed by atoms with Gasteiger partial charge in [0.1, 0.15) is 0 Å². The number of rotatable bonds is 2. The van der Waals surface area contributed by atoms with Crippen LogP contribution in [0.15, 0.2) is 9.32 Å². The summed E-state index contributed by atoms with van der Waals surface area (Å²) in [6.45, 7) is 0.295. The quantitative estimate of drug-likeness (QED) is 0.839. The van der Waals surface area contributed by atoms with Gasteiger partial charge in [-0.3, -0.25) is 0 Å². The summed E-state index contributed by atoms with van der Waals surface area (Å²) in [5.41, 5.74) is 7.38. The van der Waals surface area contributed by atoms with Crippen molar-refractivity contribution in [1.82, 2.24) is 5.16 Å². The minimum absolute atomic E-state index is 0.176. The first-order chi connectivity index (χ1) is 8.70. The number of H-pyrrole nitrogens is 1. The predicted molar refractivity (Wildman–Crippen MR) is 67.1 cm³/mol. The van der Waals surface area contributed by atoms with Gasteiger partial charge in [0, 0.05) is 12.0 Å². The molecule has 4 heteroatoms. The minimum Gasteiger partial charge on any atom is -0.338 e. The molecular weight excluding hydrogens is 228 g/mol. The Morgan fingerprint density at radius 2 is 1.72 bits per heavy atom. The second-order valence-electron chi connectivity index (χ2n) is 6.75. The van der Waals surface area contributed by atoms with Gasteiger partial charge in [-0.2, -0.15) is 0 Å². The summed E-state index contributed by atoms with van der Waals surface area (Å²) in [6.07, 6.45) is 7.88. The normalized spacial score (nSPS) is 41.5. The van der Waals surface area contributed by atoms with Crippen molar-refractivity contribution in [1.29, 1.82) is 0 Å². The lowest BCUT2D eigenvalue weighted by Crippen LogP contribution is -2.49. The van der Waals surface area contributed by atoms with Crippen molar-refractivity contribution in [3.63, 3.8) is 0 Å². The summed E-state index contributed by atoms with van der Waals surface area (Å²) < 4.78 is 5.02. The van der Waals surface area contributed by atoms with Crippen molar-refractivity contribution in [2.24, 2.45) is 23.5 Å². The third-order valence-electron chi connectivity index (χ3n) is 5.57. The molecule has 1 heterocycles. The fourth-order valence-electron chi connectivity index (χ4n) is 5.35. The molecule has 4 aliphatic rings. The van der Waals surface area contributed by atoms with Gasteiger partial charge in [0.25, 0.3) is 0 Å². The molecule has 3 N–H and O–H groups in total. The van der Waals surface area contributed by atoms with E-state index in [0.29, 0.717) is 12.1 Å². The Labute approximate surface area is 106 Å². The molecule has 18 heavy (non-hydrogen) atoms. The van der Waals surface area contributed by atoms with E-state index in [2.05, 4.69) is 5.16 Å². The number of hydrogen-bond acceptors (Lipinski definition) is 3. The van der Waals surface area contributed by atoms with E-state index >= 15 is 0 Å². The predicted octanol–water partition coefficient (Wildman–Crippen LogP) is 1.89. The molecule has 0 saturated heterocycles. The van der Waals surface area contributed by atoms with Crippen LogP contribution in [-0.4, -0.2) is 5.16 Å². The fourth-order valence-corrected chi connectivity index (χ4v) is 5.35. The molecule has 0 spiro atoms. The maximum atomic E-state index is 11.7. The van der Waals surface area contributed by atoms with Crippen LogP contribution in [-0.2, 0) is 12.0 Å². The van der Waals surface area contributed by atoms with Crippen molar-refractivity contribution in [2.45, 2.75) is 50.5 Å². The van der Waals surface area contributed by atoms with Crippen molar-refractivity contribution in [2.75, 3.05) is 0 Å². The summed E-state index contributed by atoms with van der Waals surface area (Å²) in [7, 11) is 0. The SMILES string of the molecule is NCc1c(C23CC4CC(CC(C4)C2)C3)[nH]oc1=O. The molecular formula is C14H20N2O2. The molecule has 0 aromatic carbocycles. The topological polar surface area (TPSA) is 72.0 Å². The maximum Gasteiger partial charge on any atom is 0.361 e. The van der Waals surface area contributed by atoms with Gasteiger partial charge in [-0.25, -0.2) is 9.95 Å². The van der Waals surface area contributed by atoms with Crippen LogP contribution >= 0.6 is 0 Å². The Kier molecular flexibility index (Phi) is 2.11. The van der Waals surface area contributed by atoms with E-state index < -0.39 is 0 Å². The van der Waals surface area contributed by atoms with Gasteiger partial charge < -0.3 is 10.3 Å². The zero-order valence-electron chi connectivity index (χ0n) is 10.6. The van der Waals surface area contributed by atoms with Gasteiger partial charge in [0.05, 0.1) is 11.3 Å². The second kappa shape index (κ2) is 3.50. The van der Waals surface area contributed by atoms with Gasteiger partial charge in [0.15, 0.2) is 0 Å². The highest BCUT2D eigenvalue weighted by Crippen LogP contribution is 2.60. The molecule has 1 aromatic rings. The summed E-state index contributed by atoms with van der Waals surface area (Å²) in [6, 6.07) is 0. The van der Waals surface area contributed by atoms with E-state index in [1.54, 1.807) is 0 Å². The van der Waals surface area contributed by atoms with Gasteiger partial charge in [-0.05, 0) is 56.3 Å². The average molecular weight is 248 g/mol. The Morgan fingerprint density at radius 1 is 1.17 bits per heavy atom. The Balaban J connectivity index is 1.81. The van der Waals surface area contributed by atoms with Gasteiger partial charge in [0.2, 0.25) is 0 Å².